The Morgan fingerprint density at radius 2 is 2.00 bits per heavy atom. The topological polar surface area (TPSA) is 79.5 Å². The van der Waals surface area contributed by atoms with Crippen LogP contribution in [0.4, 0.5) is 0 Å². The van der Waals surface area contributed by atoms with Gasteiger partial charge in [0.05, 0.1) is 6.54 Å². The molecule has 2 aromatic rings. The van der Waals surface area contributed by atoms with Gasteiger partial charge in [-0.2, -0.15) is 4.98 Å². The monoisotopic (exact) mass is 418 g/mol. The Morgan fingerprint density at radius 1 is 1.24 bits per heavy atom. The maximum absolute atomic E-state index is 13.0. The number of halogens is 1. The van der Waals surface area contributed by atoms with Gasteiger partial charge in [0.15, 0.2) is 0 Å². The van der Waals surface area contributed by atoms with E-state index in [1.807, 2.05) is 26.0 Å². The molecule has 7 nitrogen and oxygen atoms in total. The highest BCUT2D eigenvalue weighted by molar-refractivity contribution is 6.30. The number of benzene rings is 1. The summed E-state index contributed by atoms with van der Waals surface area (Å²) in [6, 6.07) is 6.96. The van der Waals surface area contributed by atoms with Crippen molar-refractivity contribution in [1.82, 2.24) is 19.9 Å². The van der Waals surface area contributed by atoms with Crippen molar-refractivity contribution < 1.29 is 14.1 Å². The number of aromatic nitrogens is 2. The van der Waals surface area contributed by atoms with Crippen LogP contribution in [0, 0.1) is 0 Å². The first kappa shape index (κ1) is 21.3. The predicted molar refractivity (Wildman–Crippen MR) is 110 cm³/mol. The summed E-state index contributed by atoms with van der Waals surface area (Å²) in [6.45, 7) is 5.12. The van der Waals surface area contributed by atoms with Crippen LogP contribution in [0.3, 0.4) is 0 Å². The van der Waals surface area contributed by atoms with Crippen LogP contribution in [0.15, 0.2) is 28.8 Å². The Balaban J connectivity index is 1.76. The summed E-state index contributed by atoms with van der Waals surface area (Å²) >= 11 is 5.94. The molecule has 29 heavy (non-hydrogen) atoms. The summed E-state index contributed by atoms with van der Waals surface area (Å²) < 4.78 is 5.52. The molecule has 0 saturated carbocycles. The Hall–Kier alpha value is -2.41. The summed E-state index contributed by atoms with van der Waals surface area (Å²) in [4.78, 5) is 33.2. The van der Waals surface area contributed by atoms with E-state index in [0.717, 1.165) is 31.2 Å². The summed E-state index contributed by atoms with van der Waals surface area (Å²) in [6.07, 6.45) is 3.89. The van der Waals surface area contributed by atoms with E-state index >= 15 is 0 Å². The van der Waals surface area contributed by atoms with Crippen LogP contribution in [-0.2, 0) is 9.59 Å². The first-order valence-corrected chi connectivity index (χ1v) is 10.6. The SMILES string of the molecule is CCCN(CC(=O)N1CCCC[C@H]1c1nc(-c2ccc(Cl)cc2)no1)C(=O)CC. The van der Waals surface area contributed by atoms with Crippen molar-refractivity contribution in [3.8, 4) is 11.4 Å². The molecule has 0 aliphatic carbocycles. The second kappa shape index (κ2) is 9.87. The lowest BCUT2D eigenvalue weighted by Gasteiger charge is -2.35. The van der Waals surface area contributed by atoms with Crippen LogP contribution >= 0.6 is 11.6 Å². The number of carbonyl (C=O) groups is 2. The van der Waals surface area contributed by atoms with E-state index in [0.29, 0.717) is 36.2 Å². The standard InChI is InChI=1S/C21H27ClN4O3/c1-3-12-25(18(27)4-2)14-19(28)26-13-6-5-7-17(26)21-23-20(24-29-21)15-8-10-16(22)11-9-15/h8-11,17H,3-7,12-14H2,1-2H3/t17-/m0/s1. The molecule has 3 rings (SSSR count). The molecule has 2 heterocycles. The number of hydrogen-bond acceptors (Lipinski definition) is 5. The number of carbonyl (C=O) groups excluding carboxylic acids is 2. The number of likely N-dealkylation sites (tertiary alicyclic amines) is 1. The van der Waals surface area contributed by atoms with Gasteiger partial charge in [-0.1, -0.05) is 30.6 Å². The molecule has 1 atom stereocenters. The fourth-order valence-electron chi connectivity index (χ4n) is 3.61. The van der Waals surface area contributed by atoms with Crippen molar-refractivity contribution >= 4 is 23.4 Å². The molecule has 8 heteroatoms. The van der Waals surface area contributed by atoms with E-state index < -0.39 is 0 Å². The minimum absolute atomic E-state index is 0.00317. The van der Waals surface area contributed by atoms with Crippen LogP contribution < -0.4 is 0 Å². The zero-order valence-corrected chi connectivity index (χ0v) is 17.7. The molecule has 1 aliphatic heterocycles. The van der Waals surface area contributed by atoms with Gasteiger partial charge < -0.3 is 14.3 Å². The third kappa shape index (κ3) is 5.15. The molecule has 0 N–H and O–H groups in total. The van der Waals surface area contributed by atoms with E-state index in [4.69, 9.17) is 16.1 Å². The molecule has 0 bridgehead atoms. The average molecular weight is 419 g/mol. The zero-order chi connectivity index (χ0) is 20.8. The van der Waals surface area contributed by atoms with Gasteiger partial charge in [0.25, 0.3) is 0 Å². The largest absolute Gasteiger partial charge is 0.337 e. The summed E-state index contributed by atoms with van der Waals surface area (Å²) in [5.74, 6) is 0.836. The maximum Gasteiger partial charge on any atom is 0.249 e. The maximum atomic E-state index is 13.0. The van der Waals surface area contributed by atoms with Crippen molar-refractivity contribution in [2.24, 2.45) is 0 Å². The Kier molecular flexibility index (Phi) is 7.25. The first-order valence-electron chi connectivity index (χ1n) is 10.2. The summed E-state index contributed by atoms with van der Waals surface area (Å²) in [5.41, 5.74) is 0.806. The summed E-state index contributed by atoms with van der Waals surface area (Å²) in [7, 11) is 0. The number of rotatable bonds is 7. The molecule has 156 valence electrons. The average Bonchev–Trinajstić information content (AvgIpc) is 3.23. The summed E-state index contributed by atoms with van der Waals surface area (Å²) in [5, 5.41) is 4.72. The van der Waals surface area contributed by atoms with Gasteiger partial charge in [-0.3, -0.25) is 9.59 Å². The van der Waals surface area contributed by atoms with Gasteiger partial charge in [-0.25, -0.2) is 0 Å². The number of hydrogen-bond donors (Lipinski definition) is 0. The van der Waals surface area contributed by atoms with Gasteiger partial charge in [0.1, 0.15) is 6.04 Å². The van der Waals surface area contributed by atoms with Crippen LogP contribution in [0.5, 0.6) is 0 Å². The van der Waals surface area contributed by atoms with Crippen molar-refractivity contribution in [2.75, 3.05) is 19.6 Å². The van der Waals surface area contributed by atoms with Crippen LogP contribution in [0.1, 0.15) is 57.9 Å². The van der Waals surface area contributed by atoms with E-state index in [9.17, 15) is 9.59 Å². The quantitative estimate of drug-likeness (QED) is 0.676. The van der Waals surface area contributed by atoms with E-state index in [2.05, 4.69) is 10.1 Å². The Morgan fingerprint density at radius 3 is 2.69 bits per heavy atom. The Bertz CT molecular complexity index is 837. The normalized spacial score (nSPS) is 16.7. The molecule has 0 unspecified atom stereocenters. The van der Waals surface area contributed by atoms with Gasteiger partial charge in [-0.15, -0.1) is 0 Å². The number of piperidine rings is 1. The highest BCUT2D eigenvalue weighted by atomic mass is 35.5. The van der Waals surface area contributed by atoms with E-state index in [-0.39, 0.29) is 24.4 Å². The molecule has 1 aliphatic rings. The van der Waals surface area contributed by atoms with Gasteiger partial charge in [-0.05, 0) is 49.9 Å². The fourth-order valence-corrected chi connectivity index (χ4v) is 3.74. The van der Waals surface area contributed by atoms with E-state index in [1.165, 1.54) is 0 Å². The van der Waals surface area contributed by atoms with Crippen LogP contribution in [-0.4, -0.2) is 51.4 Å². The predicted octanol–water partition coefficient (Wildman–Crippen LogP) is 4.09. The van der Waals surface area contributed by atoms with Crippen molar-refractivity contribution in [1.29, 1.82) is 0 Å². The fraction of sp³-hybridized carbons (Fsp3) is 0.524. The minimum atomic E-state index is -0.259. The molecular formula is C21H27ClN4O3. The molecule has 1 aromatic carbocycles. The minimum Gasteiger partial charge on any atom is -0.337 e. The van der Waals surface area contributed by atoms with E-state index in [1.54, 1.807) is 21.9 Å². The molecule has 2 amide bonds. The molecule has 1 aromatic heterocycles. The van der Waals surface area contributed by atoms with Gasteiger partial charge in [0, 0.05) is 30.1 Å². The zero-order valence-electron chi connectivity index (χ0n) is 16.9. The first-order chi connectivity index (χ1) is 14.0. The Labute approximate surface area is 176 Å². The second-order valence-corrected chi connectivity index (χ2v) is 7.67. The van der Waals surface area contributed by atoms with Gasteiger partial charge in [0.2, 0.25) is 23.5 Å². The van der Waals surface area contributed by atoms with Crippen molar-refractivity contribution in [3.05, 3.63) is 35.2 Å². The molecule has 1 saturated heterocycles. The third-order valence-corrected chi connectivity index (χ3v) is 5.38. The molecular weight excluding hydrogens is 392 g/mol. The lowest BCUT2D eigenvalue weighted by molar-refractivity contribution is -0.143. The van der Waals surface area contributed by atoms with Gasteiger partial charge >= 0.3 is 0 Å². The van der Waals surface area contributed by atoms with Crippen LogP contribution in [0.25, 0.3) is 11.4 Å². The number of nitrogens with zero attached hydrogens (tertiary/aromatic N) is 4. The second-order valence-electron chi connectivity index (χ2n) is 7.23. The lowest BCUT2D eigenvalue weighted by atomic mass is 10.0. The molecule has 0 radical (unpaired) electrons. The molecule has 0 spiro atoms. The lowest BCUT2D eigenvalue weighted by Crippen LogP contribution is -2.46. The van der Waals surface area contributed by atoms with Crippen molar-refractivity contribution in [3.63, 3.8) is 0 Å². The number of amides is 2. The molecule has 1 fully saturated rings. The van der Waals surface area contributed by atoms with Crippen molar-refractivity contribution in [2.45, 2.75) is 52.0 Å². The highest BCUT2D eigenvalue weighted by Crippen LogP contribution is 2.31. The smallest absolute Gasteiger partial charge is 0.249 e. The highest BCUT2D eigenvalue weighted by Gasteiger charge is 2.33. The third-order valence-electron chi connectivity index (χ3n) is 5.13. The van der Waals surface area contributed by atoms with Crippen LogP contribution in [0.2, 0.25) is 5.02 Å².